The summed E-state index contributed by atoms with van der Waals surface area (Å²) in [6, 6.07) is 7.69. The van der Waals surface area contributed by atoms with E-state index in [4.69, 9.17) is 10.5 Å². The number of nitrogens with zero attached hydrogens (tertiary/aromatic N) is 3. The second kappa shape index (κ2) is 7.69. The van der Waals surface area contributed by atoms with Gasteiger partial charge in [-0.3, -0.25) is 9.78 Å². The molecule has 4 rings (SSSR count). The van der Waals surface area contributed by atoms with Gasteiger partial charge in [0.05, 0.1) is 6.61 Å². The minimum Gasteiger partial charge on any atom is -0.380 e. The number of rotatable bonds is 4. The number of ether oxygens (including phenoxy) is 1. The third-order valence-corrected chi connectivity index (χ3v) is 8.06. The fourth-order valence-corrected chi connectivity index (χ4v) is 5.81. The van der Waals surface area contributed by atoms with Crippen LogP contribution in [-0.4, -0.2) is 55.0 Å². The first-order chi connectivity index (χ1) is 14.6. The van der Waals surface area contributed by atoms with Crippen LogP contribution in [0.2, 0.25) is 0 Å². The molecule has 2 aliphatic heterocycles. The molecule has 0 saturated carbocycles. The number of benzene rings is 1. The van der Waals surface area contributed by atoms with Crippen molar-refractivity contribution in [2.24, 2.45) is 10.7 Å². The number of halogens is 1. The van der Waals surface area contributed by atoms with Crippen LogP contribution in [0.15, 0.2) is 41.5 Å². The molecule has 1 aromatic heterocycles. The van der Waals surface area contributed by atoms with E-state index in [1.165, 1.54) is 25.2 Å². The normalized spacial score (nSPS) is 24.9. The minimum absolute atomic E-state index is 0.00750. The molecule has 1 aromatic carbocycles. The molecule has 2 aromatic rings. The van der Waals surface area contributed by atoms with Crippen LogP contribution in [0.1, 0.15) is 33.6 Å². The lowest BCUT2D eigenvalue weighted by molar-refractivity contribution is 0.0521. The molecule has 0 radical (unpaired) electrons. The standard InChI is InChI=1S/C21H23FN4O4S/c1-13-3-6-17(24-11-13)18(27)10-14-4-5-16(22)15(9-14)21-7-8-30-12-19(21)31(28,29)26(2)20(23)25-21/h3-6,9,11,19H,7-8,10,12H2,1-2H3,(H2,23,25)/t19?,21-/m1/s1. The van der Waals surface area contributed by atoms with E-state index in [9.17, 15) is 13.2 Å². The summed E-state index contributed by atoms with van der Waals surface area (Å²) in [4.78, 5) is 21.2. The summed E-state index contributed by atoms with van der Waals surface area (Å²) in [6.45, 7) is 1.96. The maximum atomic E-state index is 15.0. The van der Waals surface area contributed by atoms with Gasteiger partial charge in [-0.05, 0) is 36.2 Å². The number of Topliss-reactive ketones (excluding diaryl/α,β-unsaturated/α-hetero) is 1. The monoisotopic (exact) mass is 446 g/mol. The summed E-state index contributed by atoms with van der Waals surface area (Å²) >= 11 is 0. The first-order valence-electron chi connectivity index (χ1n) is 9.81. The SMILES string of the molecule is Cc1ccc(C(=O)Cc2ccc(F)c([C@]34CCOCC3S(=O)(=O)N(C)C(N)=N4)c2)nc1. The molecule has 164 valence electrons. The van der Waals surface area contributed by atoms with Crippen LogP contribution in [0.25, 0.3) is 0 Å². The Hall–Kier alpha value is -2.85. The van der Waals surface area contributed by atoms with E-state index in [1.807, 2.05) is 6.92 Å². The second-order valence-electron chi connectivity index (χ2n) is 7.86. The van der Waals surface area contributed by atoms with Gasteiger partial charge < -0.3 is 10.5 Å². The number of carbonyl (C=O) groups is 1. The Morgan fingerprint density at radius 2 is 2.13 bits per heavy atom. The van der Waals surface area contributed by atoms with Crippen molar-refractivity contribution in [2.45, 2.75) is 30.6 Å². The van der Waals surface area contributed by atoms with Gasteiger partial charge in [0.1, 0.15) is 22.3 Å². The maximum absolute atomic E-state index is 15.0. The van der Waals surface area contributed by atoms with E-state index < -0.39 is 26.6 Å². The predicted molar refractivity (Wildman–Crippen MR) is 113 cm³/mol. The number of ketones is 1. The smallest absolute Gasteiger partial charge is 0.245 e. The zero-order valence-corrected chi connectivity index (χ0v) is 18.0. The van der Waals surface area contributed by atoms with E-state index in [2.05, 4.69) is 9.98 Å². The number of aliphatic imine (C=N–C) groups is 1. The highest BCUT2D eigenvalue weighted by Gasteiger charge is 2.55. The van der Waals surface area contributed by atoms with Gasteiger partial charge in [0.15, 0.2) is 5.78 Å². The summed E-state index contributed by atoms with van der Waals surface area (Å²) in [5, 5.41) is -1.12. The molecule has 1 fully saturated rings. The maximum Gasteiger partial charge on any atom is 0.245 e. The van der Waals surface area contributed by atoms with E-state index in [1.54, 1.807) is 18.3 Å². The number of hydrogen-bond donors (Lipinski definition) is 1. The largest absolute Gasteiger partial charge is 0.380 e. The lowest BCUT2D eigenvalue weighted by Gasteiger charge is -2.45. The molecular weight excluding hydrogens is 423 g/mol. The third-order valence-electron chi connectivity index (χ3n) is 5.87. The molecular formula is C21H23FN4O4S. The molecule has 0 bridgehead atoms. The molecule has 0 amide bonds. The molecule has 31 heavy (non-hydrogen) atoms. The van der Waals surface area contributed by atoms with Crippen molar-refractivity contribution >= 4 is 21.8 Å². The highest BCUT2D eigenvalue weighted by atomic mass is 32.2. The fourth-order valence-electron chi connectivity index (χ4n) is 4.06. The van der Waals surface area contributed by atoms with Gasteiger partial charge in [-0.1, -0.05) is 12.1 Å². The summed E-state index contributed by atoms with van der Waals surface area (Å²) in [5.74, 6) is -1.03. The number of aromatic nitrogens is 1. The van der Waals surface area contributed by atoms with E-state index in [-0.39, 0.29) is 43.4 Å². The average Bonchev–Trinajstić information content (AvgIpc) is 2.74. The molecule has 1 unspecified atom stereocenters. The number of hydrogen-bond acceptors (Lipinski definition) is 7. The van der Waals surface area contributed by atoms with Crippen molar-refractivity contribution in [1.29, 1.82) is 0 Å². The molecule has 0 aliphatic carbocycles. The van der Waals surface area contributed by atoms with E-state index in [0.717, 1.165) is 9.87 Å². The fraction of sp³-hybridized carbons (Fsp3) is 0.381. The van der Waals surface area contributed by atoms with Gasteiger partial charge in [0.25, 0.3) is 0 Å². The Morgan fingerprint density at radius 3 is 2.84 bits per heavy atom. The predicted octanol–water partition coefficient (Wildman–Crippen LogP) is 1.53. The van der Waals surface area contributed by atoms with Crippen LogP contribution in [0.5, 0.6) is 0 Å². The Labute approximate surface area is 180 Å². The first kappa shape index (κ1) is 21.4. The van der Waals surface area contributed by atoms with Crippen LogP contribution in [0, 0.1) is 12.7 Å². The molecule has 1 saturated heterocycles. The minimum atomic E-state index is -3.91. The number of nitrogens with two attached hydrogens (primary N) is 1. The van der Waals surface area contributed by atoms with Crippen molar-refractivity contribution < 1.29 is 22.3 Å². The average molecular weight is 447 g/mol. The number of sulfonamides is 1. The highest BCUT2D eigenvalue weighted by Crippen LogP contribution is 2.44. The zero-order chi connectivity index (χ0) is 22.4. The molecule has 10 heteroatoms. The van der Waals surface area contributed by atoms with Gasteiger partial charge >= 0.3 is 0 Å². The van der Waals surface area contributed by atoms with Crippen molar-refractivity contribution in [3.63, 3.8) is 0 Å². The molecule has 8 nitrogen and oxygen atoms in total. The lowest BCUT2D eigenvalue weighted by atomic mass is 9.81. The quantitative estimate of drug-likeness (QED) is 0.713. The first-order valence-corrected chi connectivity index (χ1v) is 11.3. The number of pyridine rings is 1. The number of aryl methyl sites for hydroxylation is 1. The van der Waals surface area contributed by atoms with Crippen LogP contribution in [-0.2, 0) is 26.7 Å². The van der Waals surface area contributed by atoms with Crippen LogP contribution < -0.4 is 5.73 Å². The van der Waals surface area contributed by atoms with Gasteiger partial charge in [-0.25, -0.2) is 22.1 Å². The number of guanidine groups is 1. The van der Waals surface area contributed by atoms with Crippen LogP contribution in [0.3, 0.4) is 0 Å². The van der Waals surface area contributed by atoms with Crippen molar-refractivity contribution in [3.05, 3.63) is 64.7 Å². The molecule has 2 aliphatic rings. The number of carbonyl (C=O) groups excluding carboxylic acids is 1. The van der Waals surface area contributed by atoms with Crippen molar-refractivity contribution in [1.82, 2.24) is 9.29 Å². The second-order valence-corrected chi connectivity index (χ2v) is 10.0. The molecule has 0 spiro atoms. The van der Waals surface area contributed by atoms with Gasteiger partial charge in [-0.2, -0.15) is 0 Å². The van der Waals surface area contributed by atoms with Crippen LogP contribution >= 0.6 is 0 Å². The lowest BCUT2D eigenvalue weighted by Crippen LogP contribution is -2.61. The van der Waals surface area contributed by atoms with Gasteiger partial charge in [0, 0.05) is 38.3 Å². The van der Waals surface area contributed by atoms with Crippen molar-refractivity contribution in [3.8, 4) is 0 Å². The highest BCUT2D eigenvalue weighted by molar-refractivity contribution is 7.90. The van der Waals surface area contributed by atoms with Gasteiger partial charge in [-0.15, -0.1) is 0 Å². The zero-order valence-electron chi connectivity index (χ0n) is 17.2. The topological polar surface area (TPSA) is 115 Å². The Balaban J connectivity index is 1.77. The van der Waals surface area contributed by atoms with E-state index in [0.29, 0.717) is 11.3 Å². The Bertz CT molecular complexity index is 1170. The Morgan fingerprint density at radius 1 is 1.35 bits per heavy atom. The van der Waals surface area contributed by atoms with Gasteiger partial charge in [0.2, 0.25) is 16.0 Å². The molecule has 2 N–H and O–H groups in total. The molecule has 3 heterocycles. The van der Waals surface area contributed by atoms with E-state index >= 15 is 4.39 Å². The summed E-state index contributed by atoms with van der Waals surface area (Å²) in [5.41, 5.74) is 6.37. The Kier molecular flexibility index (Phi) is 5.30. The van der Waals surface area contributed by atoms with Crippen LogP contribution in [0.4, 0.5) is 4.39 Å². The summed E-state index contributed by atoms with van der Waals surface area (Å²) in [6.07, 6.45) is 1.75. The molecule has 2 atom stereocenters. The summed E-state index contributed by atoms with van der Waals surface area (Å²) < 4.78 is 47.4. The summed E-state index contributed by atoms with van der Waals surface area (Å²) in [7, 11) is -2.60. The number of fused-ring (bicyclic) bond motifs is 1. The third kappa shape index (κ3) is 3.59. The van der Waals surface area contributed by atoms with Crippen molar-refractivity contribution in [2.75, 3.05) is 20.3 Å².